The first-order valence-corrected chi connectivity index (χ1v) is 9.81. The van der Waals surface area contributed by atoms with Gasteiger partial charge in [0.05, 0.1) is 0 Å². The predicted molar refractivity (Wildman–Crippen MR) is 108 cm³/mol. The van der Waals surface area contributed by atoms with E-state index in [-0.39, 0.29) is 12.5 Å². The minimum absolute atomic E-state index is 0.0395. The first-order valence-electron chi connectivity index (χ1n) is 9.81. The molecule has 1 aliphatic rings. The number of carbonyl (C=O) groups excluding carboxylic acids is 1. The summed E-state index contributed by atoms with van der Waals surface area (Å²) in [5, 5.41) is 11.9. The van der Waals surface area contributed by atoms with Crippen LogP contribution in [0.15, 0.2) is 48.5 Å². The molecule has 0 heterocycles. The van der Waals surface area contributed by atoms with E-state index in [1.54, 1.807) is 0 Å². The van der Waals surface area contributed by atoms with Gasteiger partial charge in [-0.25, -0.2) is 9.59 Å². The fraction of sp³-hybridized carbons (Fsp3) is 0.391. The largest absolute Gasteiger partial charge is 0.480 e. The Hall–Kier alpha value is -2.82. The highest BCUT2D eigenvalue weighted by Gasteiger charge is 2.29. The lowest BCUT2D eigenvalue weighted by molar-refractivity contribution is -0.139. The second kappa shape index (κ2) is 8.91. The van der Waals surface area contributed by atoms with Gasteiger partial charge in [-0.05, 0) is 34.6 Å². The van der Waals surface area contributed by atoms with Crippen molar-refractivity contribution in [3.8, 4) is 11.1 Å². The van der Waals surface area contributed by atoms with Gasteiger partial charge in [-0.2, -0.15) is 0 Å². The first kappa shape index (κ1) is 19.9. The van der Waals surface area contributed by atoms with Crippen LogP contribution in [0.1, 0.15) is 50.2 Å². The molecule has 0 bridgehead atoms. The molecule has 1 atom stereocenters. The van der Waals surface area contributed by atoms with Crippen molar-refractivity contribution in [1.29, 1.82) is 0 Å². The maximum Gasteiger partial charge on any atom is 0.407 e. The highest BCUT2D eigenvalue weighted by Crippen LogP contribution is 2.44. The average Bonchev–Trinajstić information content (AvgIpc) is 2.99. The number of carboxylic acid groups (broad SMARTS) is 1. The molecule has 5 heteroatoms. The van der Waals surface area contributed by atoms with Gasteiger partial charge in [0.15, 0.2) is 0 Å². The summed E-state index contributed by atoms with van der Waals surface area (Å²) in [7, 11) is 0. The van der Waals surface area contributed by atoms with Crippen LogP contribution in [0.5, 0.6) is 0 Å². The van der Waals surface area contributed by atoms with Crippen molar-refractivity contribution in [2.24, 2.45) is 5.92 Å². The van der Waals surface area contributed by atoms with E-state index in [4.69, 9.17) is 4.74 Å². The minimum atomic E-state index is -1.03. The Morgan fingerprint density at radius 1 is 1.00 bits per heavy atom. The summed E-state index contributed by atoms with van der Waals surface area (Å²) in [6.45, 7) is 4.36. The highest BCUT2D eigenvalue weighted by molar-refractivity contribution is 5.81. The molecule has 2 aromatic carbocycles. The molecular weight excluding hydrogens is 354 g/mol. The number of benzene rings is 2. The summed E-state index contributed by atoms with van der Waals surface area (Å²) in [5.41, 5.74) is 4.57. The molecule has 0 saturated heterocycles. The molecule has 0 saturated carbocycles. The van der Waals surface area contributed by atoms with E-state index in [9.17, 15) is 14.7 Å². The zero-order chi connectivity index (χ0) is 20.1. The number of alkyl carbamates (subject to hydrolysis) is 1. The van der Waals surface area contributed by atoms with Crippen molar-refractivity contribution in [2.45, 2.75) is 45.1 Å². The molecular formula is C23H27NO4. The van der Waals surface area contributed by atoms with Gasteiger partial charge >= 0.3 is 12.1 Å². The summed E-state index contributed by atoms with van der Waals surface area (Å²) in [6, 6.07) is 15.3. The van der Waals surface area contributed by atoms with Gasteiger partial charge in [-0.15, -0.1) is 0 Å². The third-order valence-electron chi connectivity index (χ3n) is 5.21. The lowest BCUT2D eigenvalue weighted by Gasteiger charge is -2.17. The van der Waals surface area contributed by atoms with Crippen molar-refractivity contribution >= 4 is 12.1 Å². The number of fused-ring (bicyclic) bond motifs is 3. The molecule has 0 fully saturated rings. The van der Waals surface area contributed by atoms with E-state index >= 15 is 0 Å². The van der Waals surface area contributed by atoms with Crippen molar-refractivity contribution in [2.75, 3.05) is 6.61 Å². The van der Waals surface area contributed by atoms with Gasteiger partial charge in [-0.3, -0.25) is 0 Å². The molecule has 148 valence electrons. The van der Waals surface area contributed by atoms with Crippen LogP contribution < -0.4 is 5.32 Å². The third kappa shape index (κ3) is 4.53. The number of amides is 1. The van der Waals surface area contributed by atoms with Gasteiger partial charge in [0, 0.05) is 5.92 Å². The van der Waals surface area contributed by atoms with E-state index in [0.717, 1.165) is 35.1 Å². The lowest BCUT2D eigenvalue weighted by Crippen LogP contribution is -2.41. The molecule has 2 aromatic rings. The zero-order valence-electron chi connectivity index (χ0n) is 16.4. The SMILES string of the molecule is CC(C)CCC[C@@H](NC(=O)OCC1c2ccccc2-c2ccccc21)C(=O)O. The van der Waals surface area contributed by atoms with E-state index in [1.807, 2.05) is 36.4 Å². The second-order valence-corrected chi connectivity index (χ2v) is 7.69. The van der Waals surface area contributed by atoms with Crippen LogP contribution in [0.2, 0.25) is 0 Å². The highest BCUT2D eigenvalue weighted by atomic mass is 16.5. The molecule has 3 rings (SSSR count). The molecule has 0 unspecified atom stereocenters. The fourth-order valence-corrected chi connectivity index (χ4v) is 3.77. The van der Waals surface area contributed by atoms with Crippen LogP contribution >= 0.6 is 0 Å². The van der Waals surface area contributed by atoms with Gasteiger partial charge < -0.3 is 15.2 Å². The first-order chi connectivity index (χ1) is 13.5. The molecule has 0 spiro atoms. The number of carboxylic acids is 1. The van der Waals surface area contributed by atoms with Crippen LogP contribution in [0.25, 0.3) is 11.1 Å². The summed E-state index contributed by atoms with van der Waals surface area (Å²) in [6.07, 6.45) is 1.39. The topological polar surface area (TPSA) is 75.6 Å². The van der Waals surface area contributed by atoms with Gasteiger partial charge in [0.1, 0.15) is 12.6 Å². The van der Waals surface area contributed by atoms with E-state index in [1.165, 1.54) is 0 Å². The number of hydrogen-bond acceptors (Lipinski definition) is 3. The Bertz CT molecular complexity index is 801. The quantitative estimate of drug-likeness (QED) is 0.688. The van der Waals surface area contributed by atoms with Crippen molar-refractivity contribution in [1.82, 2.24) is 5.32 Å². The van der Waals surface area contributed by atoms with E-state index < -0.39 is 18.1 Å². The normalized spacial score (nSPS) is 13.7. The van der Waals surface area contributed by atoms with E-state index in [0.29, 0.717) is 12.3 Å². The van der Waals surface area contributed by atoms with Crippen molar-refractivity contribution < 1.29 is 19.4 Å². The lowest BCUT2D eigenvalue weighted by atomic mass is 9.98. The number of carbonyl (C=O) groups is 2. The van der Waals surface area contributed by atoms with Crippen LogP contribution in [-0.2, 0) is 9.53 Å². The number of rotatable bonds is 8. The average molecular weight is 381 g/mol. The minimum Gasteiger partial charge on any atom is -0.480 e. The maximum atomic E-state index is 12.2. The Labute approximate surface area is 165 Å². The molecule has 0 aromatic heterocycles. The Balaban J connectivity index is 1.62. The predicted octanol–water partition coefficient (Wildman–Crippen LogP) is 4.80. The fourth-order valence-electron chi connectivity index (χ4n) is 3.77. The van der Waals surface area contributed by atoms with Gasteiger partial charge in [-0.1, -0.05) is 75.2 Å². The van der Waals surface area contributed by atoms with Crippen LogP contribution in [-0.4, -0.2) is 29.8 Å². The number of hydrogen-bond donors (Lipinski definition) is 2. The summed E-state index contributed by atoms with van der Waals surface area (Å²) < 4.78 is 5.43. The van der Waals surface area contributed by atoms with Gasteiger partial charge in [0.25, 0.3) is 0 Å². The number of ether oxygens (including phenoxy) is 1. The van der Waals surface area contributed by atoms with Crippen molar-refractivity contribution in [3.63, 3.8) is 0 Å². The molecule has 28 heavy (non-hydrogen) atoms. The number of aliphatic carboxylic acids is 1. The second-order valence-electron chi connectivity index (χ2n) is 7.69. The Morgan fingerprint density at radius 2 is 1.57 bits per heavy atom. The summed E-state index contributed by atoms with van der Waals surface area (Å²) >= 11 is 0. The molecule has 0 radical (unpaired) electrons. The monoisotopic (exact) mass is 381 g/mol. The third-order valence-corrected chi connectivity index (χ3v) is 5.21. The molecule has 0 aliphatic heterocycles. The smallest absolute Gasteiger partial charge is 0.407 e. The molecule has 1 aliphatic carbocycles. The Kier molecular flexibility index (Phi) is 6.34. The Morgan fingerprint density at radius 3 is 2.11 bits per heavy atom. The zero-order valence-corrected chi connectivity index (χ0v) is 16.4. The van der Waals surface area contributed by atoms with E-state index in [2.05, 4.69) is 31.3 Å². The summed E-state index contributed by atoms with van der Waals surface area (Å²) in [4.78, 5) is 23.7. The van der Waals surface area contributed by atoms with Crippen LogP contribution in [0.4, 0.5) is 4.79 Å². The molecule has 2 N–H and O–H groups in total. The molecule has 1 amide bonds. The molecule has 5 nitrogen and oxygen atoms in total. The van der Waals surface area contributed by atoms with Crippen molar-refractivity contribution in [3.05, 3.63) is 59.7 Å². The van der Waals surface area contributed by atoms with Crippen LogP contribution in [0.3, 0.4) is 0 Å². The maximum absolute atomic E-state index is 12.2. The van der Waals surface area contributed by atoms with Gasteiger partial charge in [0.2, 0.25) is 0 Å². The van der Waals surface area contributed by atoms with Crippen LogP contribution in [0, 0.1) is 5.92 Å². The summed E-state index contributed by atoms with van der Waals surface area (Å²) in [5.74, 6) is -0.566. The standard InChI is InChI=1S/C23H27NO4/c1-15(2)8-7-13-21(22(25)26)24-23(27)28-14-20-18-11-5-3-9-16(18)17-10-4-6-12-19(17)20/h3-6,9-12,15,20-21H,7-8,13-14H2,1-2H3,(H,24,27)(H,25,26)/t21-/m1/s1. The number of nitrogens with one attached hydrogen (secondary N) is 1.